The van der Waals surface area contributed by atoms with Gasteiger partial charge in [-0.05, 0) is 56.2 Å². The number of carbonyl (C=O) groups is 2. The summed E-state index contributed by atoms with van der Waals surface area (Å²) in [6, 6.07) is 8.43. The van der Waals surface area contributed by atoms with E-state index in [1.807, 2.05) is 29.2 Å². The Morgan fingerprint density at radius 1 is 1.08 bits per heavy atom. The second-order valence-corrected chi connectivity index (χ2v) is 7.46. The van der Waals surface area contributed by atoms with E-state index in [4.69, 9.17) is 6.42 Å². The topological polar surface area (TPSA) is 49.4 Å². The molecule has 0 atom stereocenters. The zero-order valence-corrected chi connectivity index (χ0v) is 15.4. The molecule has 4 nitrogen and oxygen atoms in total. The van der Waals surface area contributed by atoms with Gasteiger partial charge < -0.3 is 10.2 Å². The molecular formula is C22H28N2O2. The molecule has 0 aliphatic heterocycles. The fraction of sp³-hybridized carbons (Fsp3) is 0.545. The molecule has 2 aliphatic carbocycles. The van der Waals surface area contributed by atoms with Crippen LogP contribution in [0.5, 0.6) is 0 Å². The Morgan fingerprint density at radius 3 is 2.42 bits per heavy atom. The first kappa shape index (κ1) is 18.5. The van der Waals surface area contributed by atoms with Crippen LogP contribution in [-0.2, 0) is 11.3 Å². The van der Waals surface area contributed by atoms with Crippen LogP contribution in [0.1, 0.15) is 73.7 Å². The minimum Gasteiger partial charge on any atom is -0.349 e. The monoisotopic (exact) mass is 352 g/mol. The Morgan fingerprint density at radius 2 is 1.81 bits per heavy atom. The highest BCUT2D eigenvalue weighted by molar-refractivity contribution is 5.94. The second-order valence-electron chi connectivity index (χ2n) is 7.46. The Kier molecular flexibility index (Phi) is 6.33. The SMILES string of the molecule is C#CCCCCCC(=O)N(Cc1ccc(C(=O)NC2CC2)cc1)C1CC1. The van der Waals surface area contributed by atoms with Crippen molar-refractivity contribution in [2.75, 3.05) is 0 Å². The smallest absolute Gasteiger partial charge is 0.251 e. The van der Waals surface area contributed by atoms with Gasteiger partial charge in [-0.15, -0.1) is 12.3 Å². The molecule has 2 fully saturated rings. The van der Waals surface area contributed by atoms with Gasteiger partial charge in [0.25, 0.3) is 5.91 Å². The number of unbranched alkanes of at least 4 members (excludes halogenated alkanes) is 3. The van der Waals surface area contributed by atoms with Crippen molar-refractivity contribution in [2.45, 2.75) is 76.4 Å². The fourth-order valence-electron chi connectivity index (χ4n) is 3.09. The average molecular weight is 352 g/mol. The minimum atomic E-state index is 0.00106. The summed E-state index contributed by atoms with van der Waals surface area (Å²) in [6.45, 7) is 0.637. The van der Waals surface area contributed by atoms with E-state index in [9.17, 15) is 9.59 Å². The maximum atomic E-state index is 12.6. The van der Waals surface area contributed by atoms with E-state index < -0.39 is 0 Å². The quantitative estimate of drug-likeness (QED) is 0.516. The van der Waals surface area contributed by atoms with Crippen molar-refractivity contribution in [1.82, 2.24) is 10.2 Å². The van der Waals surface area contributed by atoms with Crippen molar-refractivity contribution >= 4 is 11.8 Å². The maximum absolute atomic E-state index is 12.6. The summed E-state index contributed by atoms with van der Waals surface area (Å²) >= 11 is 0. The molecule has 1 aromatic carbocycles. The fourth-order valence-corrected chi connectivity index (χ4v) is 3.09. The Labute approximate surface area is 156 Å². The molecule has 2 amide bonds. The molecule has 4 heteroatoms. The van der Waals surface area contributed by atoms with Crippen LogP contribution in [0.4, 0.5) is 0 Å². The van der Waals surface area contributed by atoms with Gasteiger partial charge in [0.05, 0.1) is 0 Å². The summed E-state index contributed by atoms with van der Waals surface area (Å²) in [5, 5.41) is 3.00. The molecule has 0 saturated heterocycles. The normalized spacial score (nSPS) is 16.0. The maximum Gasteiger partial charge on any atom is 0.251 e. The van der Waals surface area contributed by atoms with Gasteiger partial charge in [-0.3, -0.25) is 9.59 Å². The first-order valence-corrected chi connectivity index (χ1v) is 9.80. The number of benzene rings is 1. The number of nitrogens with one attached hydrogen (secondary N) is 1. The van der Waals surface area contributed by atoms with Gasteiger partial charge in [0, 0.05) is 37.0 Å². The summed E-state index contributed by atoms with van der Waals surface area (Å²) in [6.07, 6.45) is 13.9. The van der Waals surface area contributed by atoms with Gasteiger partial charge in [-0.2, -0.15) is 0 Å². The second kappa shape index (κ2) is 8.89. The van der Waals surface area contributed by atoms with Crippen LogP contribution in [0.2, 0.25) is 0 Å². The third-order valence-corrected chi connectivity index (χ3v) is 5.00. The van der Waals surface area contributed by atoms with Crippen molar-refractivity contribution in [2.24, 2.45) is 0 Å². The number of rotatable bonds is 10. The number of carbonyl (C=O) groups excluding carboxylic acids is 2. The Balaban J connectivity index is 1.50. The van der Waals surface area contributed by atoms with Gasteiger partial charge in [0.1, 0.15) is 0 Å². The number of amides is 2. The lowest BCUT2D eigenvalue weighted by Gasteiger charge is -2.23. The highest BCUT2D eigenvalue weighted by atomic mass is 16.2. The van der Waals surface area contributed by atoms with Gasteiger partial charge in [-0.1, -0.05) is 18.6 Å². The number of terminal acetylenes is 1. The molecule has 0 heterocycles. The van der Waals surface area contributed by atoms with E-state index in [-0.39, 0.29) is 11.8 Å². The van der Waals surface area contributed by atoms with Crippen LogP contribution in [0.3, 0.4) is 0 Å². The van der Waals surface area contributed by atoms with E-state index in [1.54, 1.807) is 0 Å². The lowest BCUT2D eigenvalue weighted by Crippen LogP contribution is -2.32. The van der Waals surface area contributed by atoms with Gasteiger partial charge >= 0.3 is 0 Å². The van der Waals surface area contributed by atoms with Crippen LogP contribution in [0, 0.1) is 12.3 Å². The molecule has 1 aromatic rings. The Bertz CT molecular complexity index is 666. The molecule has 0 unspecified atom stereocenters. The molecule has 0 spiro atoms. The van der Waals surface area contributed by atoms with Gasteiger partial charge in [0.15, 0.2) is 0 Å². The van der Waals surface area contributed by atoms with Crippen LogP contribution >= 0.6 is 0 Å². The van der Waals surface area contributed by atoms with Crippen molar-refractivity contribution < 1.29 is 9.59 Å². The summed E-state index contributed by atoms with van der Waals surface area (Å²) in [4.78, 5) is 26.7. The van der Waals surface area contributed by atoms with E-state index >= 15 is 0 Å². The molecule has 0 aromatic heterocycles. The molecule has 2 aliphatic rings. The largest absolute Gasteiger partial charge is 0.349 e. The molecule has 0 radical (unpaired) electrons. The van der Waals surface area contributed by atoms with Crippen LogP contribution in [0.15, 0.2) is 24.3 Å². The standard InChI is InChI=1S/C22H28N2O2/c1-2-3-4-5-6-7-21(25)24(20-14-15-20)16-17-8-10-18(11-9-17)22(26)23-19-12-13-19/h1,8-11,19-20H,3-7,12-16H2,(H,23,26). The summed E-state index contributed by atoms with van der Waals surface area (Å²) in [5.41, 5.74) is 1.78. The first-order valence-electron chi connectivity index (χ1n) is 9.80. The average Bonchev–Trinajstić information content (AvgIpc) is 3.54. The predicted molar refractivity (Wildman–Crippen MR) is 102 cm³/mol. The third kappa shape index (κ3) is 5.62. The zero-order valence-electron chi connectivity index (χ0n) is 15.4. The molecule has 26 heavy (non-hydrogen) atoms. The first-order chi connectivity index (χ1) is 12.7. The van der Waals surface area contributed by atoms with Gasteiger partial charge in [-0.25, -0.2) is 0 Å². The summed E-state index contributed by atoms with van der Waals surface area (Å²) < 4.78 is 0. The Hall–Kier alpha value is -2.28. The van der Waals surface area contributed by atoms with Crippen molar-refractivity contribution in [3.63, 3.8) is 0 Å². The van der Waals surface area contributed by atoms with Crippen LogP contribution < -0.4 is 5.32 Å². The van der Waals surface area contributed by atoms with E-state index in [0.717, 1.165) is 56.9 Å². The van der Waals surface area contributed by atoms with Gasteiger partial charge in [0.2, 0.25) is 5.91 Å². The van der Waals surface area contributed by atoms with Crippen molar-refractivity contribution in [3.8, 4) is 12.3 Å². The van der Waals surface area contributed by atoms with Crippen molar-refractivity contribution in [3.05, 3.63) is 35.4 Å². The minimum absolute atomic E-state index is 0.00106. The molecular weight excluding hydrogens is 324 g/mol. The van der Waals surface area contributed by atoms with E-state index in [2.05, 4.69) is 11.2 Å². The van der Waals surface area contributed by atoms with Crippen molar-refractivity contribution in [1.29, 1.82) is 0 Å². The molecule has 3 rings (SSSR count). The van der Waals surface area contributed by atoms with E-state index in [1.165, 1.54) is 0 Å². The zero-order chi connectivity index (χ0) is 18.4. The van der Waals surface area contributed by atoms with Crippen LogP contribution in [0.25, 0.3) is 0 Å². The summed E-state index contributed by atoms with van der Waals surface area (Å²) in [5.74, 6) is 2.88. The molecule has 138 valence electrons. The van der Waals surface area contributed by atoms with Crippen LogP contribution in [-0.4, -0.2) is 28.8 Å². The third-order valence-electron chi connectivity index (χ3n) is 5.00. The molecule has 0 bridgehead atoms. The molecule has 2 saturated carbocycles. The predicted octanol–water partition coefficient (Wildman–Crippen LogP) is 3.65. The lowest BCUT2D eigenvalue weighted by atomic mass is 10.1. The highest BCUT2D eigenvalue weighted by Gasteiger charge is 2.32. The van der Waals surface area contributed by atoms with E-state index in [0.29, 0.717) is 30.6 Å². The number of hydrogen-bond acceptors (Lipinski definition) is 2. The number of hydrogen-bond donors (Lipinski definition) is 1. The highest BCUT2D eigenvalue weighted by Crippen LogP contribution is 2.29. The summed E-state index contributed by atoms with van der Waals surface area (Å²) in [7, 11) is 0. The number of nitrogens with zero attached hydrogens (tertiary/aromatic N) is 1. The molecule has 1 N–H and O–H groups in total. The lowest BCUT2D eigenvalue weighted by molar-refractivity contribution is -0.132.